The SMILES string of the molecule is C[C@@H](N)c1ccc(OCCCC(C)(C)C#N)cc1F. The molecule has 0 aliphatic rings. The highest BCUT2D eigenvalue weighted by molar-refractivity contribution is 5.30. The molecule has 0 aromatic heterocycles. The molecule has 3 nitrogen and oxygen atoms in total. The van der Waals surface area contributed by atoms with Crippen LogP contribution >= 0.6 is 0 Å². The fourth-order valence-electron chi connectivity index (χ4n) is 1.73. The number of rotatable bonds is 6. The van der Waals surface area contributed by atoms with E-state index in [1.54, 1.807) is 19.1 Å². The molecule has 0 saturated carbocycles. The number of ether oxygens (including phenoxy) is 1. The van der Waals surface area contributed by atoms with Gasteiger partial charge in [-0.2, -0.15) is 5.26 Å². The van der Waals surface area contributed by atoms with Gasteiger partial charge in [0.2, 0.25) is 0 Å². The van der Waals surface area contributed by atoms with Crippen molar-refractivity contribution in [3.63, 3.8) is 0 Å². The fourth-order valence-corrected chi connectivity index (χ4v) is 1.73. The third kappa shape index (κ3) is 4.88. The van der Waals surface area contributed by atoms with Crippen molar-refractivity contribution in [1.29, 1.82) is 5.26 Å². The van der Waals surface area contributed by atoms with Gasteiger partial charge in [-0.25, -0.2) is 4.39 Å². The van der Waals surface area contributed by atoms with E-state index in [4.69, 9.17) is 15.7 Å². The first kappa shape index (κ1) is 15.5. The third-order valence-electron chi connectivity index (χ3n) is 2.98. The Balaban J connectivity index is 2.47. The average molecular weight is 264 g/mol. The van der Waals surface area contributed by atoms with Crippen LogP contribution in [-0.4, -0.2) is 6.61 Å². The van der Waals surface area contributed by atoms with Crippen molar-refractivity contribution in [3.8, 4) is 11.8 Å². The summed E-state index contributed by atoms with van der Waals surface area (Å²) in [5.74, 6) is 0.154. The zero-order valence-electron chi connectivity index (χ0n) is 11.7. The molecular weight excluding hydrogens is 243 g/mol. The van der Waals surface area contributed by atoms with Gasteiger partial charge in [0.05, 0.1) is 18.1 Å². The van der Waals surface area contributed by atoms with Crippen molar-refractivity contribution in [1.82, 2.24) is 0 Å². The van der Waals surface area contributed by atoms with E-state index in [-0.39, 0.29) is 17.3 Å². The molecule has 4 heteroatoms. The normalized spacial score (nSPS) is 12.8. The lowest BCUT2D eigenvalue weighted by Crippen LogP contribution is -2.10. The van der Waals surface area contributed by atoms with Crippen molar-refractivity contribution >= 4 is 0 Å². The smallest absolute Gasteiger partial charge is 0.131 e. The first-order valence-electron chi connectivity index (χ1n) is 6.45. The molecule has 1 aromatic carbocycles. The Kier molecular flexibility index (Phi) is 5.31. The van der Waals surface area contributed by atoms with Gasteiger partial charge >= 0.3 is 0 Å². The second kappa shape index (κ2) is 6.53. The molecule has 1 atom stereocenters. The minimum Gasteiger partial charge on any atom is -0.493 e. The minimum atomic E-state index is -0.343. The molecule has 1 rings (SSSR count). The van der Waals surface area contributed by atoms with Gasteiger partial charge in [-0.1, -0.05) is 6.07 Å². The summed E-state index contributed by atoms with van der Waals surface area (Å²) in [6.07, 6.45) is 1.52. The Morgan fingerprint density at radius 3 is 2.68 bits per heavy atom. The van der Waals surface area contributed by atoms with Crippen LogP contribution in [0.1, 0.15) is 45.2 Å². The van der Waals surface area contributed by atoms with E-state index in [9.17, 15) is 4.39 Å². The zero-order chi connectivity index (χ0) is 14.5. The summed E-state index contributed by atoms with van der Waals surface area (Å²) in [6, 6.07) is 6.63. The predicted octanol–water partition coefficient (Wildman–Crippen LogP) is 3.55. The van der Waals surface area contributed by atoms with Gasteiger partial charge in [-0.15, -0.1) is 0 Å². The summed E-state index contributed by atoms with van der Waals surface area (Å²) in [7, 11) is 0. The summed E-state index contributed by atoms with van der Waals surface area (Å²) >= 11 is 0. The van der Waals surface area contributed by atoms with Crippen LogP contribution in [0.25, 0.3) is 0 Å². The van der Waals surface area contributed by atoms with Crippen LogP contribution in [-0.2, 0) is 0 Å². The molecule has 0 amide bonds. The largest absolute Gasteiger partial charge is 0.493 e. The van der Waals surface area contributed by atoms with E-state index < -0.39 is 0 Å². The highest BCUT2D eigenvalue weighted by atomic mass is 19.1. The summed E-state index contributed by atoms with van der Waals surface area (Å²) < 4.78 is 19.1. The maximum Gasteiger partial charge on any atom is 0.131 e. The molecule has 104 valence electrons. The molecular formula is C15H21FN2O. The molecule has 0 saturated heterocycles. The topological polar surface area (TPSA) is 59.0 Å². The number of nitrogens with two attached hydrogens (primary N) is 1. The highest BCUT2D eigenvalue weighted by Crippen LogP contribution is 2.23. The lowest BCUT2D eigenvalue weighted by molar-refractivity contribution is 0.283. The van der Waals surface area contributed by atoms with Gasteiger partial charge in [0.25, 0.3) is 0 Å². The van der Waals surface area contributed by atoms with Crippen molar-refractivity contribution < 1.29 is 9.13 Å². The average Bonchev–Trinajstić information content (AvgIpc) is 2.34. The van der Waals surface area contributed by atoms with Crippen molar-refractivity contribution in [3.05, 3.63) is 29.6 Å². The predicted molar refractivity (Wildman–Crippen MR) is 73.1 cm³/mol. The summed E-state index contributed by atoms with van der Waals surface area (Å²) in [5, 5.41) is 8.88. The van der Waals surface area contributed by atoms with Gasteiger partial charge in [-0.3, -0.25) is 0 Å². The minimum absolute atomic E-state index is 0.328. The van der Waals surface area contributed by atoms with Crippen LogP contribution in [0.2, 0.25) is 0 Å². The second-order valence-electron chi connectivity index (χ2n) is 5.42. The quantitative estimate of drug-likeness (QED) is 0.799. The molecule has 0 heterocycles. The lowest BCUT2D eigenvalue weighted by Gasteiger charge is -2.15. The molecule has 0 fully saturated rings. The Bertz CT molecular complexity index is 464. The van der Waals surface area contributed by atoms with E-state index in [0.717, 1.165) is 12.8 Å². The molecule has 0 spiro atoms. The maximum atomic E-state index is 13.7. The van der Waals surface area contributed by atoms with Crippen molar-refractivity contribution in [2.75, 3.05) is 6.61 Å². The van der Waals surface area contributed by atoms with Crippen molar-refractivity contribution in [2.45, 2.75) is 39.7 Å². The number of hydrogen-bond acceptors (Lipinski definition) is 3. The lowest BCUT2D eigenvalue weighted by atomic mass is 9.90. The number of nitrogens with zero attached hydrogens (tertiary/aromatic N) is 1. The molecule has 2 N–H and O–H groups in total. The summed E-state index contributed by atoms with van der Waals surface area (Å²) in [5.41, 5.74) is 5.78. The number of halogens is 1. The van der Waals surface area contributed by atoms with E-state index >= 15 is 0 Å². The summed E-state index contributed by atoms with van der Waals surface area (Å²) in [4.78, 5) is 0. The number of hydrogen-bond donors (Lipinski definition) is 1. The first-order chi connectivity index (χ1) is 8.85. The van der Waals surface area contributed by atoms with Crippen LogP contribution in [0.5, 0.6) is 5.75 Å². The van der Waals surface area contributed by atoms with Gasteiger partial charge in [0.15, 0.2) is 0 Å². The van der Waals surface area contributed by atoms with E-state index in [1.165, 1.54) is 6.07 Å². The standard InChI is InChI=1S/C15H21FN2O/c1-11(18)13-6-5-12(9-14(13)16)19-8-4-7-15(2,3)10-17/h5-6,9,11H,4,7-8,18H2,1-3H3/t11-/m1/s1. The van der Waals surface area contributed by atoms with Gasteiger partial charge < -0.3 is 10.5 Å². The van der Waals surface area contributed by atoms with Crippen molar-refractivity contribution in [2.24, 2.45) is 11.1 Å². The van der Waals surface area contributed by atoms with Crippen LogP contribution in [0.15, 0.2) is 18.2 Å². The van der Waals surface area contributed by atoms with E-state index in [2.05, 4.69) is 6.07 Å². The van der Waals surface area contributed by atoms with E-state index in [1.807, 2.05) is 13.8 Å². The van der Waals surface area contributed by atoms with Crippen LogP contribution in [0.3, 0.4) is 0 Å². The molecule has 0 aliphatic heterocycles. The molecule has 0 bridgehead atoms. The molecule has 19 heavy (non-hydrogen) atoms. The highest BCUT2D eigenvalue weighted by Gasteiger charge is 2.15. The molecule has 1 aromatic rings. The Labute approximate surface area is 114 Å². The van der Waals surface area contributed by atoms with Crippen LogP contribution in [0.4, 0.5) is 4.39 Å². The number of benzene rings is 1. The fraction of sp³-hybridized carbons (Fsp3) is 0.533. The number of nitriles is 1. The molecule has 0 radical (unpaired) electrons. The van der Waals surface area contributed by atoms with Gasteiger partial charge in [0, 0.05) is 17.7 Å². The Morgan fingerprint density at radius 2 is 2.16 bits per heavy atom. The second-order valence-corrected chi connectivity index (χ2v) is 5.42. The van der Waals surface area contributed by atoms with Crippen LogP contribution in [0, 0.1) is 22.6 Å². The van der Waals surface area contributed by atoms with Gasteiger partial charge in [-0.05, 0) is 39.7 Å². The van der Waals surface area contributed by atoms with Gasteiger partial charge in [0.1, 0.15) is 11.6 Å². The zero-order valence-corrected chi connectivity index (χ0v) is 11.7. The molecule has 0 unspecified atom stereocenters. The summed E-state index contributed by atoms with van der Waals surface area (Å²) in [6.45, 7) is 6.00. The Morgan fingerprint density at radius 1 is 1.47 bits per heavy atom. The third-order valence-corrected chi connectivity index (χ3v) is 2.98. The maximum absolute atomic E-state index is 13.7. The van der Waals surface area contributed by atoms with E-state index in [0.29, 0.717) is 17.9 Å². The van der Waals surface area contributed by atoms with Crippen LogP contribution < -0.4 is 10.5 Å². The monoisotopic (exact) mass is 264 g/mol. The molecule has 0 aliphatic carbocycles. The Hall–Kier alpha value is -1.60. The first-order valence-corrected chi connectivity index (χ1v) is 6.45.